The second kappa shape index (κ2) is 6.76. The molecule has 0 radical (unpaired) electrons. The minimum atomic E-state index is -0.812. The van der Waals surface area contributed by atoms with E-state index in [9.17, 15) is 4.79 Å². The van der Waals surface area contributed by atoms with Gasteiger partial charge in [-0.15, -0.1) is 0 Å². The van der Waals surface area contributed by atoms with Crippen LogP contribution >= 0.6 is 11.6 Å². The largest absolute Gasteiger partial charge is 0.489 e. The molecule has 3 N–H and O–H groups in total. The molecule has 0 spiro atoms. The van der Waals surface area contributed by atoms with E-state index in [1.807, 2.05) is 0 Å². The number of halogens is 1. The summed E-state index contributed by atoms with van der Waals surface area (Å²) in [6, 6.07) is 13.9. The third-order valence-corrected chi connectivity index (χ3v) is 3.03. The van der Waals surface area contributed by atoms with Gasteiger partial charge in [0, 0.05) is 10.6 Å². The summed E-state index contributed by atoms with van der Waals surface area (Å²) >= 11 is 5.88. The Morgan fingerprint density at radius 2 is 2.00 bits per heavy atom. The molecule has 0 unspecified atom stereocenters. The van der Waals surface area contributed by atoms with Gasteiger partial charge in [-0.2, -0.15) is 0 Å². The second-order valence-corrected chi connectivity index (χ2v) is 4.65. The Bertz CT molecular complexity index is 686. The smallest absolute Gasteiger partial charge is 0.271 e. The maximum Gasteiger partial charge on any atom is 0.271 e. The fourth-order valence-corrected chi connectivity index (χ4v) is 2.01. The molecular formula is C15H13ClN2O3. The lowest BCUT2D eigenvalue weighted by molar-refractivity contribution is -0.112. The topological polar surface area (TPSA) is 84.9 Å². The molecule has 1 amide bonds. The Morgan fingerprint density at radius 3 is 2.67 bits per heavy atom. The number of oxime groups is 1. The molecule has 5 nitrogen and oxygen atoms in total. The number of benzene rings is 2. The number of rotatable bonds is 5. The average molecular weight is 305 g/mol. The molecule has 0 atom stereocenters. The SMILES string of the molecule is NC(=O)C(=NO)c1ccccc1COc1cccc(Cl)c1. The predicted molar refractivity (Wildman–Crippen MR) is 79.7 cm³/mol. The van der Waals surface area contributed by atoms with Crippen molar-refractivity contribution in [3.8, 4) is 5.75 Å². The molecule has 6 heteroatoms. The van der Waals surface area contributed by atoms with Crippen LogP contribution in [0, 0.1) is 0 Å². The standard InChI is InChI=1S/C15H13ClN2O3/c16-11-5-3-6-12(8-11)21-9-10-4-1-2-7-13(10)14(18-20)15(17)19/h1-8,20H,9H2,(H2,17,19). The monoisotopic (exact) mass is 304 g/mol. The van der Waals surface area contributed by atoms with Gasteiger partial charge < -0.3 is 15.7 Å². The van der Waals surface area contributed by atoms with Crippen LogP contribution in [-0.2, 0) is 11.4 Å². The minimum Gasteiger partial charge on any atom is -0.489 e. The third-order valence-electron chi connectivity index (χ3n) is 2.80. The molecule has 2 rings (SSSR count). The molecule has 108 valence electrons. The van der Waals surface area contributed by atoms with Crippen LogP contribution < -0.4 is 10.5 Å². The van der Waals surface area contributed by atoms with Crippen LogP contribution in [0.2, 0.25) is 5.02 Å². The van der Waals surface area contributed by atoms with Crippen molar-refractivity contribution < 1.29 is 14.7 Å². The van der Waals surface area contributed by atoms with E-state index in [0.29, 0.717) is 21.9 Å². The highest BCUT2D eigenvalue weighted by Gasteiger charge is 2.15. The van der Waals surface area contributed by atoms with E-state index in [0.717, 1.165) is 0 Å². The van der Waals surface area contributed by atoms with Gasteiger partial charge in [0.2, 0.25) is 0 Å². The first-order chi connectivity index (χ1) is 10.1. The van der Waals surface area contributed by atoms with Gasteiger partial charge >= 0.3 is 0 Å². The van der Waals surface area contributed by atoms with Crippen molar-refractivity contribution in [2.24, 2.45) is 10.9 Å². The number of carbonyl (C=O) groups excluding carboxylic acids is 1. The van der Waals surface area contributed by atoms with Crippen LogP contribution in [0.5, 0.6) is 5.75 Å². The molecule has 0 aliphatic carbocycles. The normalized spacial score (nSPS) is 11.2. The molecule has 0 aromatic heterocycles. The predicted octanol–water partition coefficient (Wildman–Crippen LogP) is 2.58. The summed E-state index contributed by atoms with van der Waals surface area (Å²) in [5.74, 6) is -0.216. The summed E-state index contributed by atoms with van der Waals surface area (Å²) < 4.78 is 5.61. The first kappa shape index (κ1) is 14.9. The van der Waals surface area contributed by atoms with E-state index in [2.05, 4.69) is 5.16 Å². The highest BCUT2D eigenvalue weighted by Crippen LogP contribution is 2.19. The Balaban J connectivity index is 2.23. The highest BCUT2D eigenvalue weighted by atomic mass is 35.5. The first-order valence-corrected chi connectivity index (χ1v) is 6.48. The quantitative estimate of drug-likeness (QED) is 0.506. The molecule has 0 heterocycles. The molecule has 0 bridgehead atoms. The number of carbonyl (C=O) groups is 1. The van der Waals surface area contributed by atoms with Gasteiger partial charge in [-0.05, 0) is 23.8 Å². The molecule has 2 aromatic carbocycles. The van der Waals surface area contributed by atoms with Crippen LogP contribution in [0.25, 0.3) is 0 Å². The average Bonchev–Trinajstić information content (AvgIpc) is 2.47. The van der Waals surface area contributed by atoms with Crippen molar-refractivity contribution >= 4 is 23.2 Å². The molecule has 0 saturated carbocycles. The number of ether oxygens (including phenoxy) is 1. The number of nitrogens with zero attached hydrogens (tertiary/aromatic N) is 1. The number of amides is 1. The summed E-state index contributed by atoms with van der Waals surface area (Å²) in [6.45, 7) is 0.183. The first-order valence-electron chi connectivity index (χ1n) is 6.10. The molecule has 0 aliphatic heterocycles. The maximum atomic E-state index is 11.3. The van der Waals surface area contributed by atoms with E-state index < -0.39 is 5.91 Å². The van der Waals surface area contributed by atoms with Crippen LogP contribution in [0.15, 0.2) is 53.7 Å². The van der Waals surface area contributed by atoms with E-state index in [1.54, 1.807) is 48.5 Å². The third kappa shape index (κ3) is 3.73. The van der Waals surface area contributed by atoms with Crippen molar-refractivity contribution in [3.05, 3.63) is 64.7 Å². The summed E-state index contributed by atoms with van der Waals surface area (Å²) in [5, 5.41) is 12.4. The number of hydrogen-bond donors (Lipinski definition) is 2. The molecular weight excluding hydrogens is 292 g/mol. The molecule has 0 fully saturated rings. The van der Waals surface area contributed by atoms with Crippen molar-refractivity contribution in [3.63, 3.8) is 0 Å². The van der Waals surface area contributed by atoms with E-state index >= 15 is 0 Å². The molecule has 0 aliphatic rings. The zero-order valence-corrected chi connectivity index (χ0v) is 11.7. The molecule has 21 heavy (non-hydrogen) atoms. The Labute approximate surface area is 126 Å². The van der Waals surface area contributed by atoms with E-state index in [-0.39, 0.29) is 12.3 Å². The number of hydrogen-bond acceptors (Lipinski definition) is 4. The Hall–Kier alpha value is -2.53. The van der Waals surface area contributed by atoms with Gasteiger partial charge in [0.1, 0.15) is 12.4 Å². The number of nitrogens with two attached hydrogens (primary N) is 1. The van der Waals surface area contributed by atoms with Crippen molar-refractivity contribution in [1.82, 2.24) is 0 Å². The summed E-state index contributed by atoms with van der Waals surface area (Å²) in [5.41, 5.74) is 6.08. The van der Waals surface area contributed by atoms with Crippen LogP contribution in [-0.4, -0.2) is 16.8 Å². The van der Waals surface area contributed by atoms with Crippen LogP contribution in [0.3, 0.4) is 0 Å². The lowest BCUT2D eigenvalue weighted by Crippen LogP contribution is -2.25. The second-order valence-electron chi connectivity index (χ2n) is 4.22. The van der Waals surface area contributed by atoms with Crippen molar-refractivity contribution in [2.45, 2.75) is 6.61 Å². The lowest BCUT2D eigenvalue weighted by atomic mass is 10.0. The van der Waals surface area contributed by atoms with Crippen LogP contribution in [0.1, 0.15) is 11.1 Å². The van der Waals surface area contributed by atoms with Crippen molar-refractivity contribution in [1.29, 1.82) is 0 Å². The van der Waals surface area contributed by atoms with Gasteiger partial charge in [0.15, 0.2) is 5.71 Å². The summed E-state index contributed by atoms with van der Waals surface area (Å²) in [7, 11) is 0. The summed E-state index contributed by atoms with van der Waals surface area (Å²) in [4.78, 5) is 11.3. The van der Waals surface area contributed by atoms with Gasteiger partial charge in [0.05, 0.1) is 0 Å². The Morgan fingerprint density at radius 1 is 1.24 bits per heavy atom. The lowest BCUT2D eigenvalue weighted by Gasteiger charge is -2.10. The van der Waals surface area contributed by atoms with Crippen LogP contribution in [0.4, 0.5) is 0 Å². The molecule has 0 saturated heterocycles. The van der Waals surface area contributed by atoms with Gasteiger partial charge in [-0.25, -0.2) is 0 Å². The Kier molecular flexibility index (Phi) is 4.79. The number of primary amides is 1. The molecule has 2 aromatic rings. The van der Waals surface area contributed by atoms with E-state index in [4.69, 9.17) is 27.3 Å². The fraction of sp³-hybridized carbons (Fsp3) is 0.0667. The minimum absolute atomic E-state index is 0.183. The fourth-order valence-electron chi connectivity index (χ4n) is 1.83. The zero-order chi connectivity index (χ0) is 15.2. The summed E-state index contributed by atoms with van der Waals surface area (Å²) in [6.07, 6.45) is 0. The highest BCUT2D eigenvalue weighted by molar-refractivity contribution is 6.45. The van der Waals surface area contributed by atoms with Gasteiger partial charge in [-0.3, -0.25) is 4.79 Å². The van der Waals surface area contributed by atoms with E-state index in [1.165, 1.54) is 0 Å². The van der Waals surface area contributed by atoms with Gasteiger partial charge in [0.25, 0.3) is 5.91 Å². The maximum absolute atomic E-state index is 11.3. The van der Waals surface area contributed by atoms with Crippen molar-refractivity contribution in [2.75, 3.05) is 0 Å². The zero-order valence-electron chi connectivity index (χ0n) is 11.0. The van der Waals surface area contributed by atoms with Gasteiger partial charge in [-0.1, -0.05) is 47.1 Å².